The Balaban J connectivity index is 2.86. The highest BCUT2D eigenvalue weighted by Crippen LogP contribution is 2.14. The monoisotopic (exact) mass is 195 g/mol. The van der Waals surface area contributed by atoms with Crippen LogP contribution in [0.25, 0.3) is 0 Å². The fourth-order valence-corrected chi connectivity index (χ4v) is 1.42. The van der Waals surface area contributed by atoms with Crippen molar-refractivity contribution in [1.82, 2.24) is 4.57 Å². The van der Waals surface area contributed by atoms with Gasteiger partial charge in [-0.15, -0.1) is 0 Å². The first-order chi connectivity index (χ1) is 6.70. The number of nitrogens with zero attached hydrogens (tertiary/aromatic N) is 1. The smallest absolute Gasteiger partial charge is 0.179 e. The molecule has 0 fully saturated rings. The Morgan fingerprint density at radius 1 is 1.64 bits per heavy atom. The van der Waals surface area contributed by atoms with E-state index in [4.69, 9.17) is 4.74 Å². The summed E-state index contributed by atoms with van der Waals surface area (Å²) in [6.07, 6.45) is 3.27. The van der Waals surface area contributed by atoms with Crippen molar-refractivity contribution in [3.63, 3.8) is 0 Å². The van der Waals surface area contributed by atoms with Gasteiger partial charge in [0.15, 0.2) is 5.78 Å². The number of ketones is 1. The van der Waals surface area contributed by atoms with Gasteiger partial charge in [0.2, 0.25) is 0 Å². The van der Waals surface area contributed by atoms with Crippen LogP contribution in [0.2, 0.25) is 0 Å². The molecule has 3 heteroatoms. The second-order valence-electron chi connectivity index (χ2n) is 3.31. The number of aromatic nitrogens is 1. The minimum absolute atomic E-state index is 0.0826. The number of hydrogen-bond acceptors (Lipinski definition) is 2. The molecule has 1 atom stereocenters. The molecule has 0 spiro atoms. The number of Topliss-reactive ketones (excluding diaryl/α,β-unsaturated/α-hetero) is 1. The van der Waals surface area contributed by atoms with Crippen molar-refractivity contribution in [1.29, 1.82) is 0 Å². The molecular weight excluding hydrogens is 178 g/mol. The van der Waals surface area contributed by atoms with Crippen LogP contribution in [0.3, 0.4) is 0 Å². The molecule has 1 aromatic heterocycles. The third kappa shape index (κ3) is 2.23. The summed E-state index contributed by atoms with van der Waals surface area (Å²) >= 11 is 0. The Hall–Kier alpha value is -1.09. The van der Waals surface area contributed by atoms with Crippen LogP contribution in [0.1, 0.15) is 43.4 Å². The van der Waals surface area contributed by atoms with E-state index in [2.05, 4.69) is 0 Å². The van der Waals surface area contributed by atoms with E-state index in [1.54, 1.807) is 7.11 Å². The summed E-state index contributed by atoms with van der Waals surface area (Å²) in [6, 6.07) is 3.71. The van der Waals surface area contributed by atoms with Gasteiger partial charge in [-0.1, -0.05) is 6.92 Å². The van der Waals surface area contributed by atoms with Gasteiger partial charge in [-0.25, -0.2) is 0 Å². The van der Waals surface area contributed by atoms with E-state index in [1.807, 2.05) is 36.7 Å². The SMILES string of the molecule is CCCC(=O)c1cccn1C(C)OC. The minimum atomic E-state index is -0.0826. The van der Waals surface area contributed by atoms with Crippen LogP contribution in [0.15, 0.2) is 18.3 Å². The van der Waals surface area contributed by atoms with Crippen LogP contribution in [-0.4, -0.2) is 17.5 Å². The molecule has 1 heterocycles. The molecule has 0 aromatic carbocycles. The summed E-state index contributed by atoms with van der Waals surface area (Å²) in [7, 11) is 1.64. The molecule has 0 saturated carbocycles. The van der Waals surface area contributed by atoms with Crippen LogP contribution in [0.5, 0.6) is 0 Å². The van der Waals surface area contributed by atoms with Gasteiger partial charge in [-0.3, -0.25) is 4.79 Å². The lowest BCUT2D eigenvalue weighted by Crippen LogP contribution is -2.13. The summed E-state index contributed by atoms with van der Waals surface area (Å²) in [5, 5.41) is 0. The first kappa shape index (κ1) is 11.0. The predicted octanol–water partition coefficient (Wildman–Crippen LogP) is 2.64. The van der Waals surface area contributed by atoms with Crippen molar-refractivity contribution in [3.05, 3.63) is 24.0 Å². The average Bonchev–Trinajstić information content (AvgIpc) is 2.65. The molecule has 0 aliphatic carbocycles. The van der Waals surface area contributed by atoms with Gasteiger partial charge in [0, 0.05) is 19.7 Å². The van der Waals surface area contributed by atoms with E-state index in [0.717, 1.165) is 12.1 Å². The maximum Gasteiger partial charge on any atom is 0.179 e. The molecule has 78 valence electrons. The quantitative estimate of drug-likeness (QED) is 0.676. The lowest BCUT2D eigenvalue weighted by atomic mass is 10.2. The van der Waals surface area contributed by atoms with E-state index < -0.39 is 0 Å². The Morgan fingerprint density at radius 2 is 2.36 bits per heavy atom. The Morgan fingerprint density at radius 3 is 2.93 bits per heavy atom. The number of carbonyl (C=O) groups excluding carboxylic acids is 1. The highest BCUT2D eigenvalue weighted by atomic mass is 16.5. The normalized spacial score (nSPS) is 12.8. The molecule has 0 radical (unpaired) electrons. The Labute approximate surface area is 84.7 Å². The van der Waals surface area contributed by atoms with Crippen LogP contribution < -0.4 is 0 Å². The largest absolute Gasteiger partial charge is 0.362 e. The maximum atomic E-state index is 11.7. The molecule has 14 heavy (non-hydrogen) atoms. The minimum Gasteiger partial charge on any atom is -0.362 e. The van der Waals surface area contributed by atoms with Crippen molar-refractivity contribution in [2.45, 2.75) is 32.9 Å². The zero-order valence-corrected chi connectivity index (χ0v) is 8.99. The molecule has 0 aliphatic heterocycles. The Kier molecular flexibility index (Phi) is 3.89. The summed E-state index contributed by atoms with van der Waals surface area (Å²) in [6.45, 7) is 3.92. The highest BCUT2D eigenvalue weighted by Gasteiger charge is 2.12. The number of carbonyl (C=O) groups is 1. The third-order valence-electron chi connectivity index (χ3n) is 2.27. The van der Waals surface area contributed by atoms with Crippen molar-refractivity contribution in [2.24, 2.45) is 0 Å². The number of rotatable bonds is 5. The van der Waals surface area contributed by atoms with Crippen LogP contribution in [0, 0.1) is 0 Å². The molecule has 1 unspecified atom stereocenters. The molecule has 0 saturated heterocycles. The van der Waals surface area contributed by atoms with Gasteiger partial charge in [-0.05, 0) is 25.5 Å². The van der Waals surface area contributed by atoms with Crippen molar-refractivity contribution >= 4 is 5.78 Å². The molecule has 3 nitrogen and oxygen atoms in total. The standard InChI is InChI=1S/C11H17NO2/c1-4-6-11(13)10-7-5-8-12(10)9(2)14-3/h5,7-9H,4,6H2,1-3H3. The van der Waals surface area contributed by atoms with E-state index in [1.165, 1.54) is 0 Å². The van der Waals surface area contributed by atoms with E-state index in [-0.39, 0.29) is 12.0 Å². The molecule has 0 N–H and O–H groups in total. The zero-order valence-electron chi connectivity index (χ0n) is 8.99. The summed E-state index contributed by atoms with van der Waals surface area (Å²) in [5.74, 6) is 0.182. The molecule has 1 aromatic rings. The first-order valence-electron chi connectivity index (χ1n) is 4.93. The van der Waals surface area contributed by atoms with Crippen molar-refractivity contribution < 1.29 is 9.53 Å². The summed E-state index contributed by atoms with van der Waals surface area (Å²) in [4.78, 5) is 11.7. The van der Waals surface area contributed by atoms with Crippen molar-refractivity contribution in [2.75, 3.05) is 7.11 Å². The predicted molar refractivity (Wildman–Crippen MR) is 55.4 cm³/mol. The summed E-state index contributed by atoms with van der Waals surface area (Å²) in [5.41, 5.74) is 0.737. The lowest BCUT2D eigenvalue weighted by Gasteiger charge is -2.14. The number of hydrogen-bond donors (Lipinski definition) is 0. The fourth-order valence-electron chi connectivity index (χ4n) is 1.42. The van der Waals surface area contributed by atoms with E-state index >= 15 is 0 Å². The van der Waals surface area contributed by atoms with Crippen molar-refractivity contribution in [3.8, 4) is 0 Å². The van der Waals surface area contributed by atoms with Gasteiger partial charge in [0.05, 0.1) is 5.69 Å². The number of ether oxygens (including phenoxy) is 1. The second kappa shape index (κ2) is 4.96. The molecule has 0 aliphatic rings. The van der Waals surface area contributed by atoms with Gasteiger partial charge < -0.3 is 9.30 Å². The second-order valence-corrected chi connectivity index (χ2v) is 3.31. The number of methoxy groups -OCH3 is 1. The maximum absolute atomic E-state index is 11.7. The average molecular weight is 195 g/mol. The van der Waals surface area contributed by atoms with Crippen LogP contribution in [0.4, 0.5) is 0 Å². The molecular formula is C11H17NO2. The molecule has 1 rings (SSSR count). The molecule has 0 bridgehead atoms. The fraction of sp³-hybridized carbons (Fsp3) is 0.545. The lowest BCUT2D eigenvalue weighted by molar-refractivity contribution is 0.0569. The van der Waals surface area contributed by atoms with Gasteiger partial charge in [-0.2, -0.15) is 0 Å². The zero-order chi connectivity index (χ0) is 10.6. The van der Waals surface area contributed by atoms with E-state index in [0.29, 0.717) is 6.42 Å². The third-order valence-corrected chi connectivity index (χ3v) is 2.27. The van der Waals surface area contributed by atoms with Crippen LogP contribution in [-0.2, 0) is 4.74 Å². The molecule has 0 amide bonds. The van der Waals surface area contributed by atoms with E-state index in [9.17, 15) is 4.79 Å². The highest BCUT2D eigenvalue weighted by molar-refractivity contribution is 5.94. The van der Waals surface area contributed by atoms with Gasteiger partial charge in [0.1, 0.15) is 6.23 Å². The van der Waals surface area contributed by atoms with Crippen LogP contribution >= 0.6 is 0 Å². The topological polar surface area (TPSA) is 31.2 Å². The van der Waals surface area contributed by atoms with Gasteiger partial charge in [0.25, 0.3) is 0 Å². The first-order valence-corrected chi connectivity index (χ1v) is 4.93. The summed E-state index contributed by atoms with van der Waals surface area (Å²) < 4.78 is 7.03. The van der Waals surface area contributed by atoms with Gasteiger partial charge >= 0.3 is 0 Å². The Bertz CT molecular complexity index is 304.